The quantitative estimate of drug-likeness (QED) is 0.150. The summed E-state index contributed by atoms with van der Waals surface area (Å²) in [5.41, 5.74) is 0. The first kappa shape index (κ1) is 26.4. The standard InChI is InChI=1S/C24H54Si2/c1-7-11-15-19-25(5,20-16-12-8-2)23-24-26(6,21-17-13-9-3)22-18-14-10-4/h7-24H2,1-6H3. The second-order valence-electron chi connectivity index (χ2n) is 9.95. The zero-order valence-electron chi connectivity index (χ0n) is 19.7. The zero-order valence-corrected chi connectivity index (χ0v) is 21.7. The van der Waals surface area contributed by atoms with Crippen molar-refractivity contribution in [3.8, 4) is 0 Å². The van der Waals surface area contributed by atoms with E-state index in [1.807, 2.05) is 0 Å². The SMILES string of the molecule is CCCCC[Si](C)(CCCCC)CC[Si](C)(CCCCC)CCCCC. The lowest BCUT2D eigenvalue weighted by Gasteiger charge is -2.34. The van der Waals surface area contributed by atoms with Gasteiger partial charge in [-0.15, -0.1) is 0 Å². The van der Waals surface area contributed by atoms with Gasteiger partial charge < -0.3 is 0 Å². The molecule has 0 saturated heterocycles. The third-order valence-electron chi connectivity index (χ3n) is 6.87. The smallest absolute Gasteiger partial charge is 0.0502 e. The molecule has 0 aliphatic heterocycles. The summed E-state index contributed by atoms with van der Waals surface area (Å²) in [6, 6.07) is 9.83. The van der Waals surface area contributed by atoms with Gasteiger partial charge in [-0.2, -0.15) is 0 Å². The summed E-state index contributed by atoms with van der Waals surface area (Å²) < 4.78 is 0. The van der Waals surface area contributed by atoms with E-state index in [2.05, 4.69) is 40.8 Å². The summed E-state index contributed by atoms with van der Waals surface area (Å²) in [7, 11) is -1.99. The number of rotatable bonds is 19. The second kappa shape index (κ2) is 16.4. The van der Waals surface area contributed by atoms with Gasteiger partial charge in [0.15, 0.2) is 0 Å². The van der Waals surface area contributed by atoms with Crippen LogP contribution in [-0.2, 0) is 0 Å². The van der Waals surface area contributed by atoms with Crippen molar-refractivity contribution in [3.63, 3.8) is 0 Å². The number of hydrogen-bond donors (Lipinski definition) is 0. The lowest BCUT2D eigenvalue weighted by Crippen LogP contribution is -2.36. The van der Waals surface area contributed by atoms with Gasteiger partial charge in [0.2, 0.25) is 0 Å². The number of hydrogen-bond acceptors (Lipinski definition) is 0. The van der Waals surface area contributed by atoms with Gasteiger partial charge in [-0.1, -0.05) is 154 Å². The maximum atomic E-state index is 2.78. The molecule has 26 heavy (non-hydrogen) atoms. The summed E-state index contributed by atoms with van der Waals surface area (Å²) in [5.74, 6) is 0. The second-order valence-corrected chi connectivity index (χ2v) is 20.2. The van der Waals surface area contributed by atoms with Crippen molar-refractivity contribution in [1.29, 1.82) is 0 Å². The Labute approximate surface area is 170 Å². The molecule has 0 nitrogen and oxygen atoms in total. The average molecular weight is 399 g/mol. The molecule has 0 aliphatic carbocycles. The van der Waals surface area contributed by atoms with E-state index in [4.69, 9.17) is 0 Å². The predicted molar refractivity (Wildman–Crippen MR) is 130 cm³/mol. The van der Waals surface area contributed by atoms with Crippen molar-refractivity contribution < 1.29 is 0 Å². The summed E-state index contributed by atoms with van der Waals surface area (Å²) in [5, 5.41) is 0. The molecule has 0 radical (unpaired) electrons. The van der Waals surface area contributed by atoms with E-state index in [1.54, 1.807) is 36.3 Å². The molecule has 158 valence electrons. The summed E-state index contributed by atoms with van der Waals surface area (Å²) >= 11 is 0. The minimum atomic E-state index is -0.994. The first-order valence-electron chi connectivity index (χ1n) is 12.4. The average Bonchev–Trinajstić information content (AvgIpc) is 2.61. The van der Waals surface area contributed by atoms with E-state index >= 15 is 0 Å². The van der Waals surface area contributed by atoms with Crippen LogP contribution < -0.4 is 0 Å². The van der Waals surface area contributed by atoms with Crippen molar-refractivity contribution in [2.45, 2.75) is 154 Å². The fraction of sp³-hybridized carbons (Fsp3) is 1.00. The third kappa shape index (κ3) is 13.6. The first-order chi connectivity index (χ1) is 12.4. The zero-order chi connectivity index (χ0) is 19.7. The molecule has 0 N–H and O–H groups in total. The maximum Gasteiger partial charge on any atom is 0.0502 e. The van der Waals surface area contributed by atoms with Crippen LogP contribution in [0.1, 0.15) is 105 Å². The minimum Gasteiger partial charge on any atom is -0.0692 e. The highest BCUT2D eigenvalue weighted by Crippen LogP contribution is 2.35. The van der Waals surface area contributed by atoms with Crippen LogP contribution in [0.3, 0.4) is 0 Å². The Morgan fingerprint density at radius 3 is 0.769 bits per heavy atom. The van der Waals surface area contributed by atoms with E-state index in [9.17, 15) is 0 Å². The van der Waals surface area contributed by atoms with Crippen molar-refractivity contribution in [3.05, 3.63) is 0 Å². The largest absolute Gasteiger partial charge is 0.0692 e. The fourth-order valence-electron chi connectivity index (χ4n) is 4.56. The monoisotopic (exact) mass is 398 g/mol. The molecule has 0 aliphatic rings. The van der Waals surface area contributed by atoms with Crippen LogP contribution in [0.25, 0.3) is 0 Å². The lowest BCUT2D eigenvalue weighted by molar-refractivity contribution is 0.730. The topological polar surface area (TPSA) is 0 Å². The highest BCUT2D eigenvalue weighted by Gasteiger charge is 2.32. The lowest BCUT2D eigenvalue weighted by atomic mass is 10.3. The Hall–Kier alpha value is 0.434. The Balaban J connectivity index is 4.74. The molecule has 0 unspecified atom stereocenters. The van der Waals surface area contributed by atoms with Crippen LogP contribution in [-0.4, -0.2) is 16.1 Å². The summed E-state index contributed by atoms with van der Waals surface area (Å²) in [6.07, 6.45) is 17.5. The van der Waals surface area contributed by atoms with Crippen LogP contribution in [0.15, 0.2) is 0 Å². The van der Waals surface area contributed by atoms with Gasteiger partial charge in [0.1, 0.15) is 0 Å². The third-order valence-corrected chi connectivity index (χ3v) is 16.5. The fourth-order valence-corrected chi connectivity index (χ4v) is 15.3. The van der Waals surface area contributed by atoms with Crippen molar-refractivity contribution in [2.24, 2.45) is 0 Å². The van der Waals surface area contributed by atoms with Gasteiger partial charge in [0.05, 0.1) is 16.1 Å². The molecule has 0 atom stereocenters. The van der Waals surface area contributed by atoms with Crippen LogP contribution >= 0.6 is 0 Å². The molecule has 0 heterocycles. The van der Waals surface area contributed by atoms with Gasteiger partial charge in [-0.25, -0.2) is 0 Å². The molecule has 0 aromatic rings. The van der Waals surface area contributed by atoms with Crippen LogP contribution in [0.4, 0.5) is 0 Å². The van der Waals surface area contributed by atoms with Gasteiger partial charge in [-0.3, -0.25) is 0 Å². The molecule has 0 aromatic carbocycles. The normalized spacial score (nSPS) is 12.7. The van der Waals surface area contributed by atoms with Gasteiger partial charge in [0, 0.05) is 0 Å². The molecule has 2 heteroatoms. The molecule has 0 spiro atoms. The molecule has 0 fully saturated rings. The van der Waals surface area contributed by atoms with Crippen molar-refractivity contribution >= 4 is 16.1 Å². The van der Waals surface area contributed by atoms with E-state index in [0.29, 0.717) is 0 Å². The maximum absolute atomic E-state index is 2.78. The Bertz CT molecular complexity index is 251. The molecule has 0 bridgehead atoms. The Kier molecular flexibility index (Phi) is 16.7. The van der Waals surface area contributed by atoms with E-state index < -0.39 is 16.1 Å². The summed E-state index contributed by atoms with van der Waals surface area (Å²) in [6.45, 7) is 15.0. The van der Waals surface area contributed by atoms with Crippen LogP contribution in [0, 0.1) is 0 Å². The Morgan fingerprint density at radius 2 is 0.577 bits per heavy atom. The van der Waals surface area contributed by atoms with Gasteiger partial charge in [0.25, 0.3) is 0 Å². The van der Waals surface area contributed by atoms with Gasteiger partial charge >= 0.3 is 0 Å². The summed E-state index contributed by atoms with van der Waals surface area (Å²) in [4.78, 5) is 0. The minimum absolute atomic E-state index is 0.994. The molecule has 0 saturated carbocycles. The van der Waals surface area contributed by atoms with Crippen LogP contribution in [0.5, 0.6) is 0 Å². The van der Waals surface area contributed by atoms with Gasteiger partial charge in [-0.05, 0) is 0 Å². The van der Waals surface area contributed by atoms with E-state index in [1.165, 1.54) is 77.0 Å². The van der Waals surface area contributed by atoms with Crippen molar-refractivity contribution in [1.82, 2.24) is 0 Å². The Morgan fingerprint density at radius 1 is 0.346 bits per heavy atom. The van der Waals surface area contributed by atoms with Crippen molar-refractivity contribution in [2.75, 3.05) is 0 Å². The highest BCUT2D eigenvalue weighted by molar-refractivity contribution is 6.83. The molecular formula is C24H54Si2. The van der Waals surface area contributed by atoms with Crippen LogP contribution in [0.2, 0.25) is 49.4 Å². The predicted octanol–water partition coefficient (Wildman–Crippen LogP) is 9.90. The number of unbranched alkanes of at least 4 members (excludes halogenated alkanes) is 8. The molecule has 0 rings (SSSR count). The highest BCUT2D eigenvalue weighted by atomic mass is 28.3. The molecule has 0 amide bonds. The van der Waals surface area contributed by atoms with E-state index in [0.717, 1.165) is 0 Å². The molecule has 0 aromatic heterocycles. The first-order valence-corrected chi connectivity index (χ1v) is 18.7. The molecular weight excluding hydrogens is 344 g/mol. The van der Waals surface area contributed by atoms with E-state index in [-0.39, 0.29) is 0 Å².